The first kappa shape index (κ1) is 19.5. The summed E-state index contributed by atoms with van der Waals surface area (Å²) in [6.45, 7) is -0.254. The van der Waals surface area contributed by atoms with E-state index in [2.05, 4.69) is 4.74 Å². The summed E-state index contributed by atoms with van der Waals surface area (Å²) in [7, 11) is 2.89. The molecule has 0 radical (unpaired) electrons. The molecule has 1 spiro atoms. The maximum atomic E-state index is 13.9. The standard InChI is InChI=1S/C19H26F2O5/c1-22-13-19(20,21)17-12-25-18(26-17)9-7-16(8-10-18)24-11-14-3-5-15(23-2)6-4-14/h3-6,16-17H,7-13H2,1-2H3. The number of methoxy groups -OCH3 is 2. The first-order valence-electron chi connectivity index (χ1n) is 8.89. The molecular formula is C19H26F2O5. The second-order valence-electron chi connectivity index (χ2n) is 6.88. The van der Waals surface area contributed by atoms with E-state index >= 15 is 0 Å². The van der Waals surface area contributed by atoms with Gasteiger partial charge in [0.1, 0.15) is 12.4 Å². The van der Waals surface area contributed by atoms with E-state index in [1.165, 1.54) is 7.11 Å². The molecule has 1 heterocycles. The molecule has 2 aliphatic rings. The lowest BCUT2D eigenvalue weighted by Gasteiger charge is -2.36. The van der Waals surface area contributed by atoms with Crippen molar-refractivity contribution in [3.8, 4) is 5.75 Å². The van der Waals surface area contributed by atoms with Crippen molar-refractivity contribution in [1.82, 2.24) is 0 Å². The van der Waals surface area contributed by atoms with Gasteiger partial charge in [0.25, 0.3) is 5.92 Å². The smallest absolute Gasteiger partial charge is 0.298 e. The van der Waals surface area contributed by atoms with Crippen LogP contribution in [-0.4, -0.2) is 51.4 Å². The molecule has 26 heavy (non-hydrogen) atoms. The normalized spacial score (nSPS) is 29.2. The first-order chi connectivity index (χ1) is 12.5. The Balaban J connectivity index is 1.45. The van der Waals surface area contributed by atoms with Crippen LogP contribution in [-0.2, 0) is 25.6 Å². The molecule has 0 amide bonds. The summed E-state index contributed by atoms with van der Waals surface area (Å²) in [5, 5.41) is 0. The molecule has 2 fully saturated rings. The van der Waals surface area contributed by atoms with Crippen LogP contribution in [0.2, 0.25) is 0 Å². The van der Waals surface area contributed by atoms with Gasteiger partial charge in [-0.1, -0.05) is 12.1 Å². The first-order valence-corrected chi connectivity index (χ1v) is 8.89. The van der Waals surface area contributed by atoms with Crippen molar-refractivity contribution >= 4 is 0 Å². The van der Waals surface area contributed by atoms with E-state index in [9.17, 15) is 8.78 Å². The summed E-state index contributed by atoms with van der Waals surface area (Å²) in [5.74, 6) is -3.13. The molecule has 1 atom stereocenters. The zero-order valence-corrected chi connectivity index (χ0v) is 15.2. The molecule has 0 bridgehead atoms. The highest BCUT2D eigenvalue weighted by atomic mass is 19.3. The Morgan fingerprint density at radius 1 is 1.15 bits per heavy atom. The summed E-state index contributed by atoms with van der Waals surface area (Å²) in [6, 6.07) is 7.73. The minimum atomic E-state index is -3.04. The molecule has 1 aliphatic heterocycles. The highest BCUT2D eigenvalue weighted by Crippen LogP contribution is 2.42. The van der Waals surface area contributed by atoms with Crippen molar-refractivity contribution in [1.29, 1.82) is 0 Å². The Morgan fingerprint density at radius 3 is 2.46 bits per heavy atom. The SMILES string of the molecule is COCC(F)(F)C1COC2(CCC(OCc3ccc(OC)cc3)CC2)O1. The van der Waals surface area contributed by atoms with Gasteiger partial charge < -0.3 is 23.7 Å². The minimum absolute atomic E-state index is 0.0773. The van der Waals surface area contributed by atoms with Crippen molar-refractivity contribution in [2.24, 2.45) is 0 Å². The van der Waals surface area contributed by atoms with E-state index in [0.717, 1.165) is 24.2 Å². The van der Waals surface area contributed by atoms with Crippen molar-refractivity contribution < 1.29 is 32.5 Å². The fraction of sp³-hybridized carbons (Fsp3) is 0.684. The van der Waals surface area contributed by atoms with Gasteiger partial charge >= 0.3 is 0 Å². The van der Waals surface area contributed by atoms with Crippen LogP contribution < -0.4 is 4.74 Å². The summed E-state index contributed by atoms with van der Waals surface area (Å²) >= 11 is 0. The number of benzene rings is 1. The molecule has 3 rings (SSSR count). The van der Waals surface area contributed by atoms with Gasteiger partial charge in [-0.15, -0.1) is 0 Å². The van der Waals surface area contributed by atoms with Crippen LogP contribution in [0.3, 0.4) is 0 Å². The molecule has 1 saturated heterocycles. The summed E-state index contributed by atoms with van der Waals surface area (Å²) in [5.41, 5.74) is 1.07. The highest BCUT2D eigenvalue weighted by molar-refractivity contribution is 5.26. The second-order valence-corrected chi connectivity index (χ2v) is 6.88. The van der Waals surface area contributed by atoms with Gasteiger partial charge in [-0.25, -0.2) is 8.78 Å². The minimum Gasteiger partial charge on any atom is -0.497 e. The highest BCUT2D eigenvalue weighted by Gasteiger charge is 2.53. The lowest BCUT2D eigenvalue weighted by atomic mass is 9.91. The van der Waals surface area contributed by atoms with Crippen LogP contribution in [0.25, 0.3) is 0 Å². The predicted octanol–water partition coefficient (Wildman–Crippen LogP) is 3.55. The van der Waals surface area contributed by atoms with Crippen LogP contribution >= 0.6 is 0 Å². The molecule has 1 aromatic rings. The lowest BCUT2D eigenvalue weighted by molar-refractivity contribution is -0.230. The van der Waals surface area contributed by atoms with Gasteiger partial charge in [0.2, 0.25) is 0 Å². The van der Waals surface area contributed by atoms with Crippen LogP contribution in [0, 0.1) is 0 Å². The Hall–Kier alpha value is -1.28. The topological polar surface area (TPSA) is 46.2 Å². The monoisotopic (exact) mass is 372 g/mol. The van der Waals surface area contributed by atoms with Crippen molar-refractivity contribution in [3.63, 3.8) is 0 Å². The third kappa shape index (κ3) is 4.52. The van der Waals surface area contributed by atoms with E-state index in [1.807, 2.05) is 24.3 Å². The molecule has 0 aromatic heterocycles. The number of ether oxygens (including phenoxy) is 5. The molecule has 1 unspecified atom stereocenters. The zero-order valence-electron chi connectivity index (χ0n) is 15.2. The molecule has 0 N–H and O–H groups in total. The maximum Gasteiger partial charge on any atom is 0.298 e. The Kier molecular flexibility index (Phi) is 6.12. The summed E-state index contributed by atoms with van der Waals surface area (Å²) in [6.07, 6.45) is 1.38. The molecule has 1 aliphatic carbocycles. The number of rotatable bonds is 7. The Morgan fingerprint density at radius 2 is 1.85 bits per heavy atom. The van der Waals surface area contributed by atoms with Crippen molar-refractivity contribution in [2.45, 2.75) is 56.2 Å². The fourth-order valence-corrected chi connectivity index (χ4v) is 3.44. The maximum absolute atomic E-state index is 13.9. The summed E-state index contributed by atoms with van der Waals surface area (Å²) in [4.78, 5) is 0. The van der Waals surface area contributed by atoms with Crippen molar-refractivity contribution in [3.05, 3.63) is 29.8 Å². The van der Waals surface area contributed by atoms with Crippen LogP contribution in [0.15, 0.2) is 24.3 Å². The van der Waals surface area contributed by atoms with E-state index < -0.39 is 24.4 Å². The quantitative estimate of drug-likeness (QED) is 0.733. The van der Waals surface area contributed by atoms with Crippen LogP contribution in [0.4, 0.5) is 8.78 Å². The molecule has 1 aromatic carbocycles. The van der Waals surface area contributed by atoms with Gasteiger partial charge in [-0.3, -0.25) is 0 Å². The molecule has 1 saturated carbocycles. The average Bonchev–Trinajstić information content (AvgIpc) is 3.06. The molecular weight excluding hydrogens is 346 g/mol. The Bertz CT molecular complexity index is 570. The number of hydrogen-bond acceptors (Lipinski definition) is 5. The van der Waals surface area contributed by atoms with Gasteiger partial charge in [0, 0.05) is 20.0 Å². The molecule has 146 valence electrons. The van der Waals surface area contributed by atoms with E-state index in [-0.39, 0.29) is 12.7 Å². The predicted molar refractivity (Wildman–Crippen MR) is 90.4 cm³/mol. The van der Waals surface area contributed by atoms with Gasteiger partial charge in [-0.2, -0.15) is 0 Å². The Labute approximate surface area is 152 Å². The zero-order chi connectivity index (χ0) is 18.6. The lowest BCUT2D eigenvalue weighted by Crippen LogP contribution is -2.43. The van der Waals surface area contributed by atoms with Gasteiger partial charge in [0.05, 0.1) is 26.4 Å². The largest absolute Gasteiger partial charge is 0.497 e. The van der Waals surface area contributed by atoms with E-state index in [1.54, 1.807) is 7.11 Å². The van der Waals surface area contributed by atoms with Crippen molar-refractivity contribution in [2.75, 3.05) is 27.4 Å². The number of hydrogen-bond donors (Lipinski definition) is 0. The number of alkyl halides is 2. The third-order valence-corrected chi connectivity index (χ3v) is 5.00. The van der Waals surface area contributed by atoms with E-state index in [0.29, 0.717) is 19.4 Å². The van der Waals surface area contributed by atoms with Crippen LogP contribution in [0.1, 0.15) is 31.2 Å². The second kappa shape index (κ2) is 8.17. The average molecular weight is 372 g/mol. The molecule has 5 nitrogen and oxygen atoms in total. The third-order valence-electron chi connectivity index (χ3n) is 5.00. The van der Waals surface area contributed by atoms with E-state index in [4.69, 9.17) is 18.9 Å². The van der Waals surface area contributed by atoms with Gasteiger partial charge in [0.15, 0.2) is 11.9 Å². The molecule has 7 heteroatoms. The van der Waals surface area contributed by atoms with Gasteiger partial charge in [-0.05, 0) is 30.5 Å². The summed E-state index contributed by atoms with van der Waals surface area (Å²) < 4.78 is 54.8. The number of halogens is 2. The fourth-order valence-electron chi connectivity index (χ4n) is 3.44. The van der Waals surface area contributed by atoms with Crippen LogP contribution in [0.5, 0.6) is 5.75 Å².